The van der Waals surface area contributed by atoms with Crippen molar-refractivity contribution < 1.29 is 9.84 Å². The fourth-order valence-electron chi connectivity index (χ4n) is 2.14. The fraction of sp³-hybridized carbons (Fsp3) is 0.375. The Hall–Kier alpha value is -1.06. The molecule has 0 fully saturated rings. The zero-order valence-corrected chi connectivity index (χ0v) is 12.7. The van der Waals surface area contributed by atoms with Gasteiger partial charge in [-0.3, -0.25) is 0 Å². The zero-order valence-electron chi connectivity index (χ0n) is 11.1. The Bertz CT molecular complexity index is 477. The van der Waals surface area contributed by atoms with Crippen molar-refractivity contribution in [2.24, 2.45) is 0 Å². The Morgan fingerprint density at radius 2 is 2.05 bits per heavy atom. The van der Waals surface area contributed by atoms with E-state index in [1.165, 1.54) is 4.48 Å². The molecule has 0 radical (unpaired) electrons. The molecule has 0 heterocycles. The first-order valence-corrected chi connectivity index (χ1v) is 7.36. The maximum absolute atomic E-state index is 9.51. The number of aliphatic hydroxyl groups is 1. The molecule has 0 saturated carbocycles. The van der Waals surface area contributed by atoms with E-state index in [1.54, 1.807) is 0 Å². The molecule has 0 amide bonds. The molecule has 0 spiro atoms. The lowest BCUT2D eigenvalue weighted by Crippen LogP contribution is -2.13. The van der Waals surface area contributed by atoms with Crippen LogP contribution in [0.3, 0.4) is 0 Å². The highest BCUT2D eigenvalue weighted by Crippen LogP contribution is 2.30. The Kier molecular flexibility index (Phi) is 5.23. The molecule has 102 valence electrons. The fourth-order valence-corrected chi connectivity index (χ4v) is 2.57. The van der Waals surface area contributed by atoms with E-state index in [2.05, 4.69) is 28.9 Å². The van der Waals surface area contributed by atoms with Crippen molar-refractivity contribution in [2.45, 2.75) is 25.7 Å². The van der Waals surface area contributed by atoms with Crippen LogP contribution in [-0.2, 0) is 4.74 Å². The molecule has 0 unspecified atom stereocenters. The standard InChI is InChI=1S/C16H19BrO2/c1-12-15(17)8-5-9-16(12)19-11-14(10-18)13-6-3-2-4-7-13/h2-4,6-7,9,14,18H,5,8,10-11H2,1H3/t14-/m0/s1. The van der Waals surface area contributed by atoms with Gasteiger partial charge in [-0.25, -0.2) is 0 Å². The van der Waals surface area contributed by atoms with Crippen molar-refractivity contribution in [3.63, 3.8) is 0 Å². The van der Waals surface area contributed by atoms with Crippen LogP contribution in [0.25, 0.3) is 0 Å². The molecular weight excluding hydrogens is 304 g/mol. The minimum atomic E-state index is 0.0237. The molecule has 3 heteroatoms. The van der Waals surface area contributed by atoms with Gasteiger partial charge in [-0.05, 0) is 31.4 Å². The van der Waals surface area contributed by atoms with Crippen LogP contribution in [0.15, 0.2) is 52.2 Å². The van der Waals surface area contributed by atoms with E-state index in [1.807, 2.05) is 30.3 Å². The van der Waals surface area contributed by atoms with Crippen molar-refractivity contribution in [2.75, 3.05) is 13.2 Å². The zero-order chi connectivity index (χ0) is 13.7. The van der Waals surface area contributed by atoms with E-state index in [0.29, 0.717) is 6.61 Å². The molecule has 1 aliphatic carbocycles. The summed E-state index contributed by atoms with van der Waals surface area (Å²) in [5, 5.41) is 9.51. The number of allylic oxidation sites excluding steroid dienone is 3. The second-order valence-electron chi connectivity index (χ2n) is 4.74. The predicted octanol–water partition coefficient (Wildman–Crippen LogP) is 4.13. The molecule has 2 rings (SSSR count). The Morgan fingerprint density at radius 3 is 2.74 bits per heavy atom. The molecule has 1 aromatic rings. The predicted molar refractivity (Wildman–Crippen MR) is 81.2 cm³/mol. The van der Waals surface area contributed by atoms with Gasteiger partial charge in [0.2, 0.25) is 0 Å². The summed E-state index contributed by atoms with van der Waals surface area (Å²) in [6.45, 7) is 2.66. The molecule has 2 nitrogen and oxygen atoms in total. The van der Waals surface area contributed by atoms with Gasteiger partial charge in [0.15, 0.2) is 0 Å². The van der Waals surface area contributed by atoms with Crippen molar-refractivity contribution in [3.05, 3.63) is 57.8 Å². The summed E-state index contributed by atoms with van der Waals surface area (Å²) < 4.78 is 7.10. The highest BCUT2D eigenvalue weighted by Gasteiger charge is 2.15. The quantitative estimate of drug-likeness (QED) is 0.883. The van der Waals surface area contributed by atoms with Gasteiger partial charge in [0.1, 0.15) is 5.76 Å². The van der Waals surface area contributed by atoms with Crippen molar-refractivity contribution in [3.8, 4) is 0 Å². The Balaban J connectivity index is 2.00. The lowest BCUT2D eigenvalue weighted by atomic mass is 10.0. The summed E-state index contributed by atoms with van der Waals surface area (Å²) in [7, 11) is 0. The monoisotopic (exact) mass is 322 g/mol. The van der Waals surface area contributed by atoms with Crippen LogP contribution in [0.1, 0.15) is 31.2 Å². The lowest BCUT2D eigenvalue weighted by Gasteiger charge is -2.20. The topological polar surface area (TPSA) is 29.5 Å². The van der Waals surface area contributed by atoms with Crippen LogP contribution in [0.2, 0.25) is 0 Å². The number of aliphatic hydroxyl groups excluding tert-OH is 1. The summed E-state index contributed by atoms with van der Waals surface area (Å²) in [5.41, 5.74) is 2.28. The second-order valence-corrected chi connectivity index (χ2v) is 5.70. The SMILES string of the molecule is CC1=C(Br)CCC=C1OC[C@H](CO)c1ccccc1. The minimum absolute atomic E-state index is 0.0237. The number of ether oxygens (including phenoxy) is 1. The average molecular weight is 323 g/mol. The summed E-state index contributed by atoms with van der Waals surface area (Å²) in [6, 6.07) is 10.0. The smallest absolute Gasteiger partial charge is 0.119 e. The summed E-state index contributed by atoms with van der Waals surface area (Å²) >= 11 is 3.57. The van der Waals surface area contributed by atoms with Crippen molar-refractivity contribution in [1.29, 1.82) is 0 Å². The van der Waals surface area contributed by atoms with Crippen molar-refractivity contribution >= 4 is 15.9 Å². The first kappa shape index (κ1) is 14.4. The largest absolute Gasteiger partial charge is 0.493 e. The van der Waals surface area contributed by atoms with E-state index in [4.69, 9.17) is 4.74 Å². The van der Waals surface area contributed by atoms with Crippen LogP contribution in [0.4, 0.5) is 0 Å². The van der Waals surface area contributed by atoms with E-state index >= 15 is 0 Å². The van der Waals surface area contributed by atoms with Crippen LogP contribution < -0.4 is 0 Å². The third kappa shape index (κ3) is 3.71. The molecule has 1 N–H and O–H groups in total. The van der Waals surface area contributed by atoms with Crippen LogP contribution in [0.5, 0.6) is 0 Å². The molecule has 1 aromatic carbocycles. The van der Waals surface area contributed by atoms with Gasteiger partial charge in [0.05, 0.1) is 13.2 Å². The third-order valence-corrected chi connectivity index (χ3v) is 4.39. The molecule has 0 bridgehead atoms. The lowest BCUT2D eigenvalue weighted by molar-refractivity contribution is 0.156. The van der Waals surface area contributed by atoms with Gasteiger partial charge in [0.25, 0.3) is 0 Å². The number of halogens is 1. The van der Waals surface area contributed by atoms with E-state index < -0.39 is 0 Å². The molecule has 19 heavy (non-hydrogen) atoms. The maximum atomic E-state index is 9.51. The van der Waals surface area contributed by atoms with Gasteiger partial charge >= 0.3 is 0 Å². The van der Waals surface area contributed by atoms with Gasteiger partial charge in [-0.15, -0.1) is 0 Å². The van der Waals surface area contributed by atoms with Crippen LogP contribution >= 0.6 is 15.9 Å². The normalized spacial score (nSPS) is 17.1. The molecular formula is C16H19BrO2. The highest BCUT2D eigenvalue weighted by atomic mass is 79.9. The first-order chi connectivity index (χ1) is 9.22. The molecule has 0 aromatic heterocycles. The number of rotatable bonds is 5. The summed E-state index contributed by atoms with van der Waals surface area (Å²) in [6.07, 6.45) is 4.17. The van der Waals surface area contributed by atoms with Gasteiger partial charge < -0.3 is 9.84 Å². The highest BCUT2D eigenvalue weighted by molar-refractivity contribution is 9.11. The number of hydrogen-bond donors (Lipinski definition) is 1. The average Bonchev–Trinajstić information content (AvgIpc) is 2.45. The maximum Gasteiger partial charge on any atom is 0.119 e. The van der Waals surface area contributed by atoms with Crippen molar-refractivity contribution in [1.82, 2.24) is 0 Å². The molecule has 1 atom stereocenters. The molecule has 0 aliphatic heterocycles. The van der Waals surface area contributed by atoms with Crippen LogP contribution in [-0.4, -0.2) is 18.3 Å². The summed E-state index contributed by atoms with van der Waals surface area (Å²) in [4.78, 5) is 0. The van der Waals surface area contributed by atoms with Gasteiger partial charge in [-0.1, -0.05) is 46.3 Å². The third-order valence-electron chi connectivity index (χ3n) is 3.40. The van der Waals surface area contributed by atoms with Gasteiger partial charge in [0, 0.05) is 16.0 Å². The molecule has 0 saturated heterocycles. The van der Waals surface area contributed by atoms with Gasteiger partial charge in [-0.2, -0.15) is 0 Å². The number of benzene rings is 1. The summed E-state index contributed by atoms with van der Waals surface area (Å²) in [5.74, 6) is 0.961. The Labute approximate surface area is 122 Å². The van der Waals surface area contributed by atoms with Crippen LogP contribution in [0, 0.1) is 0 Å². The van der Waals surface area contributed by atoms with E-state index in [0.717, 1.165) is 29.7 Å². The minimum Gasteiger partial charge on any atom is -0.493 e. The second kappa shape index (κ2) is 6.92. The Morgan fingerprint density at radius 1 is 1.32 bits per heavy atom. The molecule has 1 aliphatic rings. The van der Waals surface area contributed by atoms with E-state index in [-0.39, 0.29) is 12.5 Å². The first-order valence-electron chi connectivity index (χ1n) is 6.56. The van der Waals surface area contributed by atoms with E-state index in [9.17, 15) is 5.11 Å². The number of hydrogen-bond acceptors (Lipinski definition) is 2.